The van der Waals surface area contributed by atoms with Gasteiger partial charge in [0.25, 0.3) is 0 Å². The van der Waals surface area contributed by atoms with Crippen LogP contribution in [0.15, 0.2) is 170 Å². The standard InChI is InChI=1S/C43H28BN/c1-4-15-29(16-5-1)32-27-28-39-41-40(32)43(30-17-6-2-7-18-30,31-19-8-3-9-20-31)35-23-11-12-24-36(35)44(41)37-25-14-22-34-33-21-10-13-26-38(33)45(39)42(34)37/h1-28H. The molecule has 45 heavy (non-hydrogen) atoms. The van der Waals surface area contributed by atoms with Gasteiger partial charge in [0, 0.05) is 22.0 Å². The van der Waals surface area contributed by atoms with Gasteiger partial charge in [-0.3, -0.25) is 0 Å². The number of rotatable bonds is 3. The Balaban J connectivity index is 1.49. The molecule has 0 spiro atoms. The molecule has 2 aliphatic heterocycles. The molecule has 0 N–H and O–H groups in total. The predicted octanol–water partition coefficient (Wildman–Crippen LogP) is 7.98. The minimum absolute atomic E-state index is 0.107. The van der Waals surface area contributed by atoms with Crippen molar-refractivity contribution < 1.29 is 0 Å². The van der Waals surface area contributed by atoms with E-state index in [1.54, 1.807) is 0 Å². The van der Waals surface area contributed by atoms with E-state index in [-0.39, 0.29) is 6.71 Å². The molecule has 208 valence electrons. The molecular formula is C43H28BN. The van der Waals surface area contributed by atoms with Crippen molar-refractivity contribution in [2.75, 3.05) is 0 Å². The van der Waals surface area contributed by atoms with E-state index >= 15 is 0 Å². The van der Waals surface area contributed by atoms with Crippen LogP contribution in [0.3, 0.4) is 0 Å². The van der Waals surface area contributed by atoms with Crippen molar-refractivity contribution in [1.29, 1.82) is 0 Å². The second-order valence-corrected chi connectivity index (χ2v) is 12.4. The average Bonchev–Trinajstić information content (AvgIpc) is 3.46. The number of para-hydroxylation sites is 2. The van der Waals surface area contributed by atoms with Crippen molar-refractivity contribution in [2.45, 2.75) is 5.41 Å². The summed E-state index contributed by atoms with van der Waals surface area (Å²) in [5.41, 5.74) is 15.4. The highest BCUT2D eigenvalue weighted by Gasteiger charge is 2.51. The lowest BCUT2D eigenvalue weighted by molar-refractivity contribution is 0.752. The summed E-state index contributed by atoms with van der Waals surface area (Å²) in [6.45, 7) is 0.107. The summed E-state index contributed by atoms with van der Waals surface area (Å²) in [6.07, 6.45) is 0. The molecule has 0 bridgehead atoms. The van der Waals surface area contributed by atoms with Crippen molar-refractivity contribution in [3.05, 3.63) is 192 Å². The second-order valence-electron chi connectivity index (χ2n) is 12.4. The lowest BCUT2D eigenvalue weighted by atomic mass is 9.29. The molecule has 0 radical (unpaired) electrons. The van der Waals surface area contributed by atoms with Crippen LogP contribution in [0.1, 0.15) is 22.3 Å². The fraction of sp³-hybridized carbons (Fsp3) is 0.0233. The van der Waals surface area contributed by atoms with E-state index in [9.17, 15) is 0 Å². The SMILES string of the molecule is c1ccc(-c2ccc3c4c2C(c2ccccc2)(c2ccccc2)c2ccccc2B4c2cccc4c5ccccc5n-3c24)cc1. The summed E-state index contributed by atoms with van der Waals surface area (Å²) in [4.78, 5) is 0. The van der Waals surface area contributed by atoms with Gasteiger partial charge in [-0.1, -0.05) is 163 Å². The summed E-state index contributed by atoms with van der Waals surface area (Å²) in [5.74, 6) is 0. The van der Waals surface area contributed by atoms with Crippen molar-refractivity contribution >= 4 is 44.9 Å². The van der Waals surface area contributed by atoms with Gasteiger partial charge in [-0.2, -0.15) is 0 Å². The van der Waals surface area contributed by atoms with Crippen molar-refractivity contribution in [1.82, 2.24) is 4.57 Å². The summed E-state index contributed by atoms with van der Waals surface area (Å²) in [7, 11) is 0. The van der Waals surface area contributed by atoms with E-state index < -0.39 is 5.41 Å². The zero-order valence-corrected chi connectivity index (χ0v) is 24.7. The highest BCUT2D eigenvalue weighted by molar-refractivity contribution is 6.99. The van der Waals surface area contributed by atoms with Gasteiger partial charge in [-0.15, -0.1) is 0 Å². The van der Waals surface area contributed by atoms with Crippen molar-refractivity contribution in [3.63, 3.8) is 0 Å². The second kappa shape index (κ2) is 9.20. The molecule has 0 aliphatic carbocycles. The van der Waals surface area contributed by atoms with Gasteiger partial charge >= 0.3 is 0 Å². The fourth-order valence-corrected chi connectivity index (χ4v) is 8.73. The highest BCUT2D eigenvalue weighted by Crippen LogP contribution is 2.50. The molecule has 10 rings (SSSR count). The number of nitrogens with zero attached hydrogens (tertiary/aromatic N) is 1. The molecule has 0 saturated carbocycles. The quantitative estimate of drug-likeness (QED) is 0.190. The third kappa shape index (κ3) is 3.14. The number of fused-ring (bicyclic) bond motifs is 7. The number of hydrogen-bond acceptors (Lipinski definition) is 0. The largest absolute Gasteiger partial charge is 0.310 e. The van der Waals surface area contributed by atoms with Crippen LogP contribution in [-0.2, 0) is 5.41 Å². The monoisotopic (exact) mass is 569 g/mol. The number of hydrogen-bond donors (Lipinski definition) is 0. The van der Waals surface area contributed by atoms with Crippen LogP contribution in [0.4, 0.5) is 0 Å². The van der Waals surface area contributed by atoms with Gasteiger partial charge < -0.3 is 4.57 Å². The van der Waals surface area contributed by atoms with Gasteiger partial charge in [0.1, 0.15) is 0 Å². The van der Waals surface area contributed by atoms with E-state index in [4.69, 9.17) is 0 Å². The van der Waals surface area contributed by atoms with E-state index in [1.165, 1.54) is 77.3 Å². The molecular weight excluding hydrogens is 541 g/mol. The Kier molecular flexibility index (Phi) is 5.07. The number of aromatic nitrogens is 1. The molecule has 1 aromatic heterocycles. The normalized spacial score (nSPS) is 13.9. The molecule has 2 heteroatoms. The third-order valence-corrected chi connectivity index (χ3v) is 10.3. The molecule has 0 atom stereocenters. The van der Waals surface area contributed by atoms with Gasteiger partial charge in [0.2, 0.25) is 6.71 Å². The van der Waals surface area contributed by atoms with Crippen LogP contribution < -0.4 is 16.4 Å². The van der Waals surface area contributed by atoms with Gasteiger partial charge in [-0.25, -0.2) is 0 Å². The Bertz CT molecular complexity index is 2380. The van der Waals surface area contributed by atoms with Crippen LogP contribution in [0.25, 0.3) is 38.6 Å². The molecule has 2 aliphatic rings. The molecule has 0 saturated heterocycles. The first-order valence-electron chi connectivity index (χ1n) is 15.8. The first-order chi connectivity index (χ1) is 22.4. The van der Waals surface area contributed by atoms with E-state index in [2.05, 4.69) is 174 Å². The van der Waals surface area contributed by atoms with E-state index in [0.717, 1.165) is 0 Å². The molecule has 8 aromatic rings. The molecule has 0 amide bonds. The minimum Gasteiger partial charge on any atom is -0.310 e. The van der Waals surface area contributed by atoms with Crippen LogP contribution in [0.5, 0.6) is 0 Å². The van der Waals surface area contributed by atoms with Gasteiger partial charge in [0.05, 0.1) is 10.9 Å². The summed E-state index contributed by atoms with van der Waals surface area (Å²) < 4.78 is 2.55. The Morgan fingerprint density at radius 3 is 1.82 bits per heavy atom. The summed E-state index contributed by atoms with van der Waals surface area (Å²) in [6, 6.07) is 63.3. The maximum absolute atomic E-state index is 2.55. The van der Waals surface area contributed by atoms with Gasteiger partial charge in [0.15, 0.2) is 0 Å². The van der Waals surface area contributed by atoms with Crippen LogP contribution >= 0.6 is 0 Å². The highest BCUT2D eigenvalue weighted by atomic mass is 15.0. The van der Waals surface area contributed by atoms with Crippen molar-refractivity contribution in [2.24, 2.45) is 0 Å². The Morgan fingerprint density at radius 2 is 1.07 bits per heavy atom. The molecule has 0 fully saturated rings. The van der Waals surface area contributed by atoms with E-state index in [0.29, 0.717) is 0 Å². The maximum Gasteiger partial charge on any atom is 0.247 e. The third-order valence-electron chi connectivity index (χ3n) is 10.3. The zero-order chi connectivity index (χ0) is 29.5. The first-order valence-corrected chi connectivity index (χ1v) is 15.8. The zero-order valence-electron chi connectivity index (χ0n) is 24.7. The van der Waals surface area contributed by atoms with Crippen LogP contribution in [0.2, 0.25) is 0 Å². The van der Waals surface area contributed by atoms with Crippen LogP contribution in [-0.4, -0.2) is 11.3 Å². The topological polar surface area (TPSA) is 4.93 Å². The Hall–Kier alpha value is -5.60. The van der Waals surface area contributed by atoms with E-state index in [1.807, 2.05) is 0 Å². The summed E-state index contributed by atoms with van der Waals surface area (Å²) >= 11 is 0. The molecule has 7 aromatic carbocycles. The maximum atomic E-state index is 2.55. The van der Waals surface area contributed by atoms with Gasteiger partial charge in [-0.05, 0) is 56.4 Å². The van der Waals surface area contributed by atoms with Crippen molar-refractivity contribution in [3.8, 4) is 16.8 Å². The Morgan fingerprint density at radius 1 is 0.467 bits per heavy atom. The molecule has 3 heterocycles. The van der Waals surface area contributed by atoms with Crippen LogP contribution in [0, 0.1) is 0 Å². The molecule has 0 unspecified atom stereocenters. The smallest absolute Gasteiger partial charge is 0.247 e. The minimum atomic E-state index is -0.527. The Labute approximate surface area is 263 Å². The fourth-order valence-electron chi connectivity index (χ4n) is 8.73. The predicted molar refractivity (Wildman–Crippen MR) is 189 cm³/mol. The lowest BCUT2D eigenvalue weighted by Crippen LogP contribution is -2.64. The molecule has 1 nitrogen and oxygen atoms in total. The average molecular weight is 570 g/mol. The number of benzene rings is 7. The lowest BCUT2D eigenvalue weighted by Gasteiger charge is -2.47. The first kappa shape index (κ1) is 24.8. The summed E-state index contributed by atoms with van der Waals surface area (Å²) in [5, 5.41) is 2.63.